The van der Waals surface area contributed by atoms with Gasteiger partial charge in [0.1, 0.15) is 6.61 Å². The molecule has 0 heterocycles. The minimum absolute atomic E-state index is 0.0292. The second-order valence-corrected chi connectivity index (χ2v) is 1.35. The Kier molecular flexibility index (Phi) is 3.74. The van der Waals surface area contributed by atoms with Gasteiger partial charge in [0.15, 0.2) is 0 Å². The molecule has 0 saturated heterocycles. The Morgan fingerprint density at radius 1 is 1.62 bits per heavy atom. The lowest BCUT2D eigenvalue weighted by molar-refractivity contribution is 0.144. The highest BCUT2D eigenvalue weighted by atomic mass is 16.6. The van der Waals surface area contributed by atoms with Crippen molar-refractivity contribution in [1.82, 2.24) is 0 Å². The Balaban J connectivity index is 3.03. The van der Waals surface area contributed by atoms with E-state index in [4.69, 9.17) is 11.5 Å². The van der Waals surface area contributed by atoms with E-state index in [2.05, 4.69) is 9.99 Å². The Morgan fingerprint density at radius 2 is 2.25 bits per heavy atom. The van der Waals surface area contributed by atoms with E-state index in [1.54, 1.807) is 0 Å². The highest BCUT2D eigenvalue weighted by molar-refractivity contribution is 5.74. The molecule has 0 bridgehead atoms. The number of hydrogen-bond donors (Lipinski definition) is 2. The van der Waals surface area contributed by atoms with Crippen molar-refractivity contribution >= 4 is 5.96 Å². The molecule has 8 heavy (non-hydrogen) atoms. The van der Waals surface area contributed by atoms with Gasteiger partial charge >= 0.3 is 0 Å². The minimum Gasteiger partial charge on any atom is -0.393 e. The summed E-state index contributed by atoms with van der Waals surface area (Å²) in [4.78, 5) is 4.58. The number of nitrogens with two attached hydrogens (primary N) is 2. The van der Waals surface area contributed by atoms with Gasteiger partial charge in [-0.15, -0.1) is 0 Å². The van der Waals surface area contributed by atoms with Crippen molar-refractivity contribution in [2.24, 2.45) is 16.6 Å². The van der Waals surface area contributed by atoms with Gasteiger partial charge in [-0.05, 0) is 11.6 Å². The Labute approximate surface area is 48.5 Å². The first kappa shape index (κ1) is 7.07. The van der Waals surface area contributed by atoms with Crippen LogP contribution >= 0.6 is 0 Å². The van der Waals surface area contributed by atoms with E-state index in [9.17, 15) is 0 Å². The van der Waals surface area contributed by atoms with Gasteiger partial charge < -0.3 is 16.3 Å². The van der Waals surface area contributed by atoms with Crippen LogP contribution in [0.1, 0.15) is 13.3 Å². The maximum absolute atomic E-state index is 4.94. The molecular formula is C4H11N3O. The summed E-state index contributed by atoms with van der Waals surface area (Å²) in [6, 6.07) is 0. The summed E-state index contributed by atoms with van der Waals surface area (Å²) in [5.74, 6) is -0.0292. The molecule has 0 aliphatic heterocycles. The van der Waals surface area contributed by atoms with E-state index in [1.165, 1.54) is 0 Å². The molecule has 0 atom stereocenters. The molecule has 0 aromatic rings. The number of oxime groups is 1. The highest BCUT2D eigenvalue weighted by Gasteiger charge is 1.78. The molecule has 0 aromatic carbocycles. The topological polar surface area (TPSA) is 73.6 Å². The molecule has 0 aliphatic rings. The predicted octanol–water partition coefficient (Wildman–Crippen LogP) is -0.399. The average Bonchev–Trinajstić information content (AvgIpc) is 1.66. The molecule has 0 unspecified atom stereocenters. The first-order chi connectivity index (χ1) is 3.77. The van der Waals surface area contributed by atoms with Crippen LogP contribution in [0.25, 0.3) is 0 Å². The van der Waals surface area contributed by atoms with E-state index in [0.717, 1.165) is 6.42 Å². The van der Waals surface area contributed by atoms with Crippen molar-refractivity contribution < 1.29 is 4.84 Å². The molecule has 4 nitrogen and oxygen atoms in total. The lowest BCUT2D eigenvalue weighted by Gasteiger charge is -1.92. The van der Waals surface area contributed by atoms with E-state index >= 15 is 0 Å². The first-order valence-corrected chi connectivity index (χ1v) is 2.48. The van der Waals surface area contributed by atoms with E-state index in [1.807, 2.05) is 6.92 Å². The van der Waals surface area contributed by atoms with Crippen LogP contribution in [-0.2, 0) is 4.84 Å². The third-order valence-corrected chi connectivity index (χ3v) is 0.465. The maximum Gasteiger partial charge on any atom is 0.228 e. The van der Waals surface area contributed by atoms with Gasteiger partial charge in [-0.2, -0.15) is 0 Å². The number of guanidine groups is 1. The largest absolute Gasteiger partial charge is 0.393 e. The second kappa shape index (κ2) is 4.23. The third-order valence-electron chi connectivity index (χ3n) is 0.465. The van der Waals surface area contributed by atoms with Gasteiger partial charge in [0.25, 0.3) is 0 Å². The van der Waals surface area contributed by atoms with Crippen LogP contribution in [0.5, 0.6) is 0 Å². The fourth-order valence-electron chi connectivity index (χ4n) is 0.211. The zero-order chi connectivity index (χ0) is 6.41. The van der Waals surface area contributed by atoms with Gasteiger partial charge in [0.05, 0.1) is 0 Å². The lowest BCUT2D eigenvalue weighted by atomic mass is 10.5. The third kappa shape index (κ3) is 5.07. The lowest BCUT2D eigenvalue weighted by Crippen LogP contribution is -2.22. The predicted molar refractivity (Wildman–Crippen MR) is 32.1 cm³/mol. The Morgan fingerprint density at radius 3 is 2.62 bits per heavy atom. The quantitative estimate of drug-likeness (QED) is 0.228. The van der Waals surface area contributed by atoms with Crippen molar-refractivity contribution in [1.29, 1.82) is 0 Å². The van der Waals surface area contributed by atoms with Crippen LogP contribution in [0.4, 0.5) is 0 Å². The molecule has 0 spiro atoms. The maximum atomic E-state index is 4.94. The van der Waals surface area contributed by atoms with E-state index in [-0.39, 0.29) is 5.96 Å². The first-order valence-electron chi connectivity index (χ1n) is 2.48. The molecule has 4 heteroatoms. The summed E-state index contributed by atoms with van der Waals surface area (Å²) >= 11 is 0. The van der Waals surface area contributed by atoms with Crippen LogP contribution in [0.3, 0.4) is 0 Å². The van der Waals surface area contributed by atoms with Gasteiger partial charge in [0, 0.05) is 0 Å². The van der Waals surface area contributed by atoms with Crippen molar-refractivity contribution in [2.45, 2.75) is 13.3 Å². The molecule has 0 aromatic heterocycles. The fraction of sp³-hybridized carbons (Fsp3) is 0.750. The summed E-state index contributed by atoms with van der Waals surface area (Å²) in [6.45, 7) is 2.54. The van der Waals surface area contributed by atoms with Crippen LogP contribution in [0.2, 0.25) is 0 Å². The zero-order valence-electron chi connectivity index (χ0n) is 4.92. The van der Waals surface area contributed by atoms with Crippen molar-refractivity contribution in [3.63, 3.8) is 0 Å². The molecule has 0 saturated carbocycles. The molecular weight excluding hydrogens is 106 g/mol. The standard InChI is InChI=1S/C4H11N3O/c1-2-3-8-7-4(5)6/h2-3H2,1H3,(H4,5,6,7). The summed E-state index contributed by atoms with van der Waals surface area (Å²) in [5.41, 5.74) is 9.87. The van der Waals surface area contributed by atoms with Crippen molar-refractivity contribution in [3.05, 3.63) is 0 Å². The summed E-state index contributed by atoms with van der Waals surface area (Å²) < 4.78 is 0. The molecule has 0 amide bonds. The second-order valence-electron chi connectivity index (χ2n) is 1.35. The van der Waals surface area contributed by atoms with Crippen molar-refractivity contribution in [2.75, 3.05) is 6.61 Å². The van der Waals surface area contributed by atoms with Gasteiger partial charge in [-0.1, -0.05) is 6.92 Å². The van der Waals surface area contributed by atoms with Gasteiger partial charge in [-0.25, -0.2) is 0 Å². The number of rotatable bonds is 3. The molecule has 4 N–H and O–H groups in total. The van der Waals surface area contributed by atoms with Crippen LogP contribution < -0.4 is 11.5 Å². The highest BCUT2D eigenvalue weighted by Crippen LogP contribution is 1.77. The van der Waals surface area contributed by atoms with Crippen molar-refractivity contribution in [3.8, 4) is 0 Å². The smallest absolute Gasteiger partial charge is 0.228 e. The SMILES string of the molecule is CCCON=C(N)N. The monoisotopic (exact) mass is 117 g/mol. The van der Waals surface area contributed by atoms with Crippen LogP contribution in [0.15, 0.2) is 5.16 Å². The number of nitrogens with zero attached hydrogens (tertiary/aromatic N) is 1. The molecule has 0 rings (SSSR count). The van der Waals surface area contributed by atoms with Crippen LogP contribution in [0, 0.1) is 0 Å². The zero-order valence-corrected chi connectivity index (χ0v) is 4.92. The Hall–Kier alpha value is -0.930. The number of hydrogen-bond acceptors (Lipinski definition) is 2. The summed E-state index contributed by atoms with van der Waals surface area (Å²) in [5, 5.41) is 3.29. The van der Waals surface area contributed by atoms with E-state index in [0.29, 0.717) is 6.61 Å². The van der Waals surface area contributed by atoms with Gasteiger partial charge in [0.2, 0.25) is 5.96 Å². The van der Waals surface area contributed by atoms with Gasteiger partial charge in [-0.3, -0.25) is 0 Å². The normalized spacial score (nSPS) is 8.12. The molecule has 0 aliphatic carbocycles. The average molecular weight is 117 g/mol. The van der Waals surface area contributed by atoms with Crippen LogP contribution in [-0.4, -0.2) is 12.6 Å². The fourth-order valence-corrected chi connectivity index (χ4v) is 0.211. The molecule has 48 valence electrons. The minimum atomic E-state index is -0.0292. The summed E-state index contributed by atoms with van der Waals surface area (Å²) in [6.07, 6.45) is 0.913. The van der Waals surface area contributed by atoms with E-state index < -0.39 is 0 Å². The Bertz CT molecular complexity index is 77.4. The molecule has 0 fully saturated rings. The molecule has 0 radical (unpaired) electrons. The summed E-state index contributed by atoms with van der Waals surface area (Å²) in [7, 11) is 0.